The molecule has 0 atom stereocenters. The zero-order chi connectivity index (χ0) is 15.1. The monoisotopic (exact) mass is 326 g/mol. The minimum absolute atomic E-state index is 0.0394. The molecule has 0 aliphatic rings. The number of aromatic nitrogens is 2. The van der Waals surface area contributed by atoms with Gasteiger partial charge < -0.3 is 5.32 Å². The van der Waals surface area contributed by atoms with Gasteiger partial charge in [0, 0.05) is 37.3 Å². The zero-order valence-corrected chi connectivity index (χ0v) is 13.4. The molecule has 0 amide bonds. The van der Waals surface area contributed by atoms with Gasteiger partial charge in [-0.2, -0.15) is 0 Å². The first kappa shape index (κ1) is 15.9. The Kier molecular flexibility index (Phi) is 5.66. The Hall–Kier alpha value is -1.51. The molecule has 2 aromatic rings. The molecule has 0 aromatic carbocycles. The first-order chi connectivity index (χ1) is 10.1. The van der Waals surface area contributed by atoms with Crippen LogP contribution in [0.15, 0.2) is 34.9 Å². The maximum Gasteiger partial charge on any atom is 0.260 e. The second-order valence-corrected chi connectivity index (χ2v) is 7.02. The van der Waals surface area contributed by atoms with E-state index in [4.69, 9.17) is 0 Å². The normalized spacial score (nSPS) is 11.5. The third-order valence-corrected chi connectivity index (χ3v) is 4.96. The third kappa shape index (κ3) is 4.48. The molecule has 8 heteroatoms. The maximum atomic E-state index is 12.3. The summed E-state index contributed by atoms with van der Waals surface area (Å²) in [5, 5.41) is 5.90. The Bertz CT molecular complexity index is 657. The maximum absolute atomic E-state index is 12.3. The van der Waals surface area contributed by atoms with Crippen LogP contribution in [0.5, 0.6) is 0 Å². The molecule has 0 fully saturated rings. The Morgan fingerprint density at radius 2 is 2.10 bits per heavy atom. The fourth-order valence-corrected chi connectivity index (χ4v) is 3.49. The van der Waals surface area contributed by atoms with Crippen LogP contribution in [0.4, 0.5) is 5.69 Å². The van der Waals surface area contributed by atoms with E-state index in [1.165, 1.54) is 17.5 Å². The van der Waals surface area contributed by atoms with Crippen molar-refractivity contribution in [1.82, 2.24) is 14.7 Å². The summed E-state index contributed by atoms with van der Waals surface area (Å²) < 4.78 is 27.2. The van der Waals surface area contributed by atoms with E-state index in [1.54, 1.807) is 18.3 Å². The van der Waals surface area contributed by atoms with Gasteiger partial charge in [0.25, 0.3) is 10.0 Å². The lowest BCUT2D eigenvalue weighted by atomic mass is 10.4. The second-order valence-electron chi connectivity index (χ2n) is 4.36. The summed E-state index contributed by atoms with van der Waals surface area (Å²) in [6.07, 6.45) is 4.67. The van der Waals surface area contributed by atoms with Crippen LogP contribution in [-0.4, -0.2) is 31.5 Å². The molecule has 0 aliphatic carbocycles. The molecule has 0 saturated heterocycles. The highest BCUT2D eigenvalue weighted by Crippen LogP contribution is 2.17. The molecule has 2 rings (SSSR count). The van der Waals surface area contributed by atoms with Gasteiger partial charge in [-0.25, -0.2) is 23.1 Å². The number of rotatable bonds is 8. The van der Waals surface area contributed by atoms with Crippen molar-refractivity contribution in [2.24, 2.45) is 0 Å². The lowest BCUT2D eigenvalue weighted by Gasteiger charge is -2.11. The van der Waals surface area contributed by atoms with Crippen LogP contribution in [-0.2, 0) is 16.4 Å². The lowest BCUT2D eigenvalue weighted by Crippen LogP contribution is -2.27. The molecule has 2 aromatic heterocycles. The Labute approximate surface area is 128 Å². The van der Waals surface area contributed by atoms with Gasteiger partial charge >= 0.3 is 0 Å². The van der Waals surface area contributed by atoms with Gasteiger partial charge in [-0.15, -0.1) is 11.3 Å². The van der Waals surface area contributed by atoms with Crippen LogP contribution in [0.2, 0.25) is 0 Å². The predicted molar refractivity (Wildman–Crippen MR) is 84.0 cm³/mol. The topological polar surface area (TPSA) is 84.0 Å². The molecule has 21 heavy (non-hydrogen) atoms. The smallest absolute Gasteiger partial charge is 0.260 e. The van der Waals surface area contributed by atoms with Gasteiger partial charge in [-0.3, -0.25) is 0 Å². The van der Waals surface area contributed by atoms with Crippen LogP contribution < -0.4 is 10.0 Å². The predicted octanol–water partition coefficient (Wildman–Crippen LogP) is 1.88. The molecule has 0 saturated carbocycles. The molecule has 0 unspecified atom stereocenters. The van der Waals surface area contributed by atoms with Crippen molar-refractivity contribution in [3.05, 3.63) is 34.9 Å². The number of sulfonamides is 1. The molecule has 2 heterocycles. The van der Waals surface area contributed by atoms with Crippen LogP contribution in [0.3, 0.4) is 0 Å². The summed E-state index contributed by atoms with van der Waals surface area (Å²) in [6.45, 7) is 3.02. The molecular formula is C13H18N4O2S2. The molecule has 6 nitrogen and oxygen atoms in total. The van der Waals surface area contributed by atoms with Gasteiger partial charge in [0.15, 0.2) is 5.03 Å². The van der Waals surface area contributed by atoms with Crippen molar-refractivity contribution in [1.29, 1.82) is 0 Å². The minimum Gasteiger partial charge on any atom is -0.383 e. The number of anilines is 1. The van der Waals surface area contributed by atoms with E-state index in [1.807, 2.05) is 12.3 Å². The fourth-order valence-electron chi connectivity index (χ4n) is 1.74. The summed E-state index contributed by atoms with van der Waals surface area (Å²) in [5.41, 5.74) is 0.529. The average Bonchev–Trinajstić information content (AvgIpc) is 2.98. The van der Waals surface area contributed by atoms with E-state index in [0.717, 1.165) is 11.4 Å². The summed E-state index contributed by atoms with van der Waals surface area (Å²) in [5.74, 6) is 0. The molecule has 0 spiro atoms. The largest absolute Gasteiger partial charge is 0.383 e. The van der Waals surface area contributed by atoms with Crippen molar-refractivity contribution in [3.63, 3.8) is 0 Å². The van der Waals surface area contributed by atoms with Gasteiger partial charge in [0.1, 0.15) is 0 Å². The number of thiazole rings is 1. The first-order valence-electron chi connectivity index (χ1n) is 6.70. The van der Waals surface area contributed by atoms with E-state index in [-0.39, 0.29) is 5.03 Å². The number of pyridine rings is 1. The van der Waals surface area contributed by atoms with Crippen LogP contribution >= 0.6 is 11.3 Å². The van der Waals surface area contributed by atoms with Crippen molar-refractivity contribution < 1.29 is 8.42 Å². The van der Waals surface area contributed by atoms with E-state index in [9.17, 15) is 8.42 Å². The highest BCUT2D eigenvalue weighted by Gasteiger charge is 2.19. The summed E-state index contributed by atoms with van der Waals surface area (Å²) in [6, 6.07) is 3.44. The number of nitrogens with one attached hydrogen (secondary N) is 2. The van der Waals surface area contributed by atoms with Crippen LogP contribution in [0.1, 0.15) is 18.4 Å². The minimum atomic E-state index is -3.62. The highest BCUT2D eigenvalue weighted by molar-refractivity contribution is 7.89. The van der Waals surface area contributed by atoms with E-state index in [2.05, 4.69) is 20.0 Å². The van der Waals surface area contributed by atoms with Crippen molar-refractivity contribution in [3.8, 4) is 0 Å². The molecular weight excluding hydrogens is 308 g/mol. The van der Waals surface area contributed by atoms with E-state index >= 15 is 0 Å². The number of nitrogens with zero attached hydrogens (tertiary/aromatic N) is 2. The quantitative estimate of drug-likeness (QED) is 0.774. The number of hydrogen-bond donors (Lipinski definition) is 2. The van der Waals surface area contributed by atoms with Crippen molar-refractivity contribution in [2.45, 2.75) is 24.8 Å². The van der Waals surface area contributed by atoms with E-state index in [0.29, 0.717) is 25.2 Å². The van der Waals surface area contributed by atoms with Gasteiger partial charge in [0.2, 0.25) is 0 Å². The molecule has 0 radical (unpaired) electrons. The average molecular weight is 326 g/mol. The third-order valence-electron chi connectivity index (χ3n) is 2.71. The fraction of sp³-hybridized carbons (Fsp3) is 0.385. The van der Waals surface area contributed by atoms with Gasteiger partial charge in [-0.1, -0.05) is 6.92 Å². The van der Waals surface area contributed by atoms with Gasteiger partial charge in [0.05, 0.1) is 10.7 Å². The standard InChI is InChI=1S/C13H18N4O2S2/c1-2-6-14-11-4-3-7-16-13(11)21(18,19)17-8-5-12-15-9-10-20-12/h3-4,7,9-10,14,17H,2,5-6,8H2,1H3. The molecule has 114 valence electrons. The summed E-state index contributed by atoms with van der Waals surface area (Å²) in [4.78, 5) is 8.12. The lowest BCUT2D eigenvalue weighted by molar-refractivity contribution is 0.578. The van der Waals surface area contributed by atoms with Crippen molar-refractivity contribution in [2.75, 3.05) is 18.4 Å². The van der Waals surface area contributed by atoms with Crippen molar-refractivity contribution >= 4 is 27.0 Å². The molecule has 2 N–H and O–H groups in total. The van der Waals surface area contributed by atoms with Gasteiger partial charge in [-0.05, 0) is 18.6 Å². The SMILES string of the molecule is CCCNc1cccnc1S(=O)(=O)NCCc1nccs1. The number of hydrogen-bond acceptors (Lipinski definition) is 6. The summed E-state index contributed by atoms with van der Waals surface area (Å²) >= 11 is 1.51. The zero-order valence-electron chi connectivity index (χ0n) is 11.7. The van der Waals surface area contributed by atoms with Crippen LogP contribution in [0.25, 0.3) is 0 Å². The van der Waals surface area contributed by atoms with Crippen LogP contribution in [0, 0.1) is 0 Å². The second kappa shape index (κ2) is 7.48. The van der Waals surface area contributed by atoms with E-state index < -0.39 is 10.0 Å². The molecule has 0 aliphatic heterocycles. The molecule has 0 bridgehead atoms. The highest BCUT2D eigenvalue weighted by atomic mass is 32.2. The summed E-state index contributed by atoms with van der Waals surface area (Å²) in [7, 11) is -3.62. The Balaban J connectivity index is 2.04. The first-order valence-corrected chi connectivity index (χ1v) is 9.06. The Morgan fingerprint density at radius 1 is 1.24 bits per heavy atom. The Morgan fingerprint density at radius 3 is 2.81 bits per heavy atom.